The lowest BCUT2D eigenvalue weighted by Crippen LogP contribution is -2.42. The summed E-state index contributed by atoms with van der Waals surface area (Å²) in [6.07, 6.45) is 1.71. The molecule has 0 atom stereocenters. The first-order valence-electron chi connectivity index (χ1n) is 8.40. The Kier molecular flexibility index (Phi) is 4.17. The van der Waals surface area contributed by atoms with Crippen LogP contribution in [0.25, 0.3) is 0 Å². The molecule has 5 nitrogen and oxygen atoms in total. The number of rotatable bonds is 3. The van der Waals surface area contributed by atoms with E-state index in [9.17, 15) is 9.18 Å². The van der Waals surface area contributed by atoms with Gasteiger partial charge in [0.25, 0.3) is 5.91 Å². The van der Waals surface area contributed by atoms with Gasteiger partial charge in [-0.25, -0.2) is 4.39 Å². The molecule has 130 valence electrons. The minimum atomic E-state index is -0.241. The van der Waals surface area contributed by atoms with Crippen LogP contribution in [0.2, 0.25) is 0 Å². The molecule has 0 unspecified atom stereocenters. The van der Waals surface area contributed by atoms with Crippen molar-refractivity contribution in [1.29, 1.82) is 0 Å². The summed E-state index contributed by atoms with van der Waals surface area (Å²) < 4.78 is 23.6. The number of carbonyl (C=O) groups is 1. The molecule has 2 aromatic carbocycles. The van der Waals surface area contributed by atoms with Gasteiger partial charge in [0.1, 0.15) is 5.82 Å². The summed E-state index contributed by atoms with van der Waals surface area (Å²) in [5.74, 6) is 1.07. The van der Waals surface area contributed by atoms with Gasteiger partial charge in [0.2, 0.25) is 6.79 Å². The molecule has 2 aliphatic rings. The molecule has 0 radical (unpaired) electrons. The van der Waals surface area contributed by atoms with E-state index in [1.165, 1.54) is 12.1 Å². The molecule has 0 saturated carbocycles. The van der Waals surface area contributed by atoms with Gasteiger partial charge in [0.05, 0.1) is 0 Å². The summed E-state index contributed by atoms with van der Waals surface area (Å²) in [6.45, 7) is 1.58. The first-order valence-corrected chi connectivity index (χ1v) is 8.40. The summed E-state index contributed by atoms with van der Waals surface area (Å²) in [6, 6.07) is 11.9. The number of fused-ring (bicyclic) bond motifs is 1. The third kappa shape index (κ3) is 3.38. The Bertz CT molecular complexity index is 771. The highest BCUT2D eigenvalue weighted by Gasteiger charge is 2.25. The van der Waals surface area contributed by atoms with Gasteiger partial charge in [-0.1, -0.05) is 0 Å². The van der Waals surface area contributed by atoms with E-state index in [1.54, 1.807) is 30.3 Å². The van der Waals surface area contributed by atoms with Crippen molar-refractivity contribution in [3.8, 4) is 11.5 Å². The van der Waals surface area contributed by atoms with E-state index in [0.29, 0.717) is 30.2 Å². The third-order valence-electron chi connectivity index (χ3n) is 4.62. The van der Waals surface area contributed by atoms with Crippen molar-refractivity contribution in [2.24, 2.45) is 0 Å². The highest BCUT2D eigenvalue weighted by Crippen LogP contribution is 2.33. The predicted octanol–water partition coefficient (Wildman–Crippen LogP) is 3.27. The zero-order valence-corrected chi connectivity index (χ0v) is 13.7. The Morgan fingerprint density at radius 2 is 1.76 bits per heavy atom. The van der Waals surface area contributed by atoms with Gasteiger partial charge in [-0.2, -0.15) is 0 Å². The normalized spacial score (nSPS) is 16.8. The van der Waals surface area contributed by atoms with Crippen molar-refractivity contribution in [3.63, 3.8) is 0 Å². The fourth-order valence-corrected chi connectivity index (χ4v) is 3.22. The lowest BCUT2D eigenvalue weighted by Gasteiger charge is -2.33. The molecular weight excluding hydrogens is 323 g/mol. The largest absolute Gasteiger partial charge is 0.454 e. The zero-order chi connectivity index (χ0) is 17.2. The standard InChI is InChI=1S/C19H19FN2O3/c20-14-2-4-15(5-3-14)21-16-7-9-22(10-8-16)19(23)13-1-6-17-18(11-13)25-12-24-17/h1-6,11,16,21H,7-10,12H2. The Morgan fingerprint density at radius 3 is 2.52 bits per heavy atom. The molecule has 1 N–H and O–H groups in total. The molecule has 1 fully saturated rings. The average Bonchev–Trinajstić information content (AvgIpc) is 3.11. The zero-order valence-electron chi connectivity index (χ0n) is 13.7. The number of halogens is 1. The Morgan fingerprint density at radius 1 is 1.04 bits per heavy atom. The highest BCUT2D eigenvalue weighted by atomic mass is 19.1. The van der Waals surface area contributed by atoms with Crippen molar-refractivity contribution < 1.29 is 18.7 Å². The number of hydrogen-bond donors (Lipinski definition) is 1. The van der Waals surface area contributed by atoms with Crippen LogP contribution in [-0.2, 0) is 0 Å². The number of amides is 1. The van der Waals surface area contributed by atoms with Gasteiger partial charge in [0.15, 0.2) is 11.5 Å². The summed E-state index contributed by atoms with van der Waals surface area (Å²) in [5, 5.41) is 3.40. The minimum absolute atomic E-state index is 0.0125. The molecule has 0 aliphatic carbocycles. The van der Waals surface area contributed by atoms with E-state index in [4.69, 9.17) is 9.47 Å². The monoisotopic (exact) mass is 342 g/mol. The van der Waals surface area contributed by atoms with Crippen LogP contribution in [0, 0.1) is 5.82 Å². The lowest BCUT2D eigenvalue weighted by molar-refractivity contribution is 0.0718. The van der Waals surface area contributed by atoms with Gasteiger partial charge >= 0.3 is 0 Å². The topological polar surface area (TPSA) is 50.8 Å². The number of piperidine rings is 1. The second kappa shape index (κ2) is 6.63. The second-order valence-electron chi connectivity index (χ2n) is 6.29. The van der Waals surface area contributed by atoms with Crippen LogP contribution in [0.4, 0.5) is 10.1 Å². The molecular formula is C19H19FN2O3. The maximum absolute atomic E-state index is 13.0. The summed E-state index contributed by atoms with van der Waals surface area (Å²) >= 11 is 0. The molecule has 6 heteroatoms. The van der Waals surface area contributed by atoms with Crippen molar-refractivity contribution in [2.75, 3.05) is 25.2 Å². The summed E-state index contributed by atoms with van der Waals surface area (Å²) in [7, 11) is 0. The molecule has 2 aliphatic heterocycles. The first kappa shape index (κ1) is 15.7. The third-order valence-corrected chi connectivity index (χ3v) is 4.62. The smallest absolute Gasteiger partial charge is 0.253 e. The molecule has 1 saturated heterocycles. The predicted molar refractivity (Wildman–Crippen MR) is 91.5 cm³/mol. The number of nitrogens with zero attached hydrogens (tertiary/aromatic N) is 1. The number of carbonyl (C=O) groups excluding carboxylic acids is 1. The second-order valence-corrected chi connectivity index (χ2v) is 6.29. The van der Waals surface area contributed by atoms with Crippen LogP contribution in [-0.4, -0.2) is 36.7 Å². The first-order chi connectivity index (χ1) is 12.2. The Labute approximate surface area is 145 Å². The Balaban J connectivity index is 1.35. The number of anilines is 1. The molecule has 0 aromatic heterocycles. The number of hydrogen-bond acceptors (Lipinski definition) is 4. The van der Waals surface area contributed by atoms with E-state index in [0.717, 1.165) is 18.5 Å². The summed E-state index contributed by atoms with van der Waals surface area (Å²) in [5.41, 5.74) is 1.52. The van der Waals surface area contributed by atoms with Crippen molar-refractivity contribution in [3.05, 3.63) is 53.8 Å². The van der Waals surface area contributed by atoms with Crippen LogP contribution in [0.15, 0.2) is 42.5 Å². The van der Waals surface area contributed by atoms with Crippen LogP contribution >= 0.6 is 0 Å². The maximum atomic E-state index is 13.0. The van der Waals surface area contributed by atoms with Crippen molar-refractivity contribution in [2.45, 2.75) is 18.9 Å². The molecule has 1 amide bonds. The molecule has 2 aromatic rings. The number of benzene rings is 2. The van der Waals surface area contributed by atoms with Crippen LogP contribution < -0.4 is 14.8 Å². The number of nitrogens with one attached hydrogen (secondary N) is 1. The van der Waals surface area contributed by atoms with Gasteiger partial charge < -0.3 is 19.7 Å². The SMILES string of the molecule is O=C(c1ccc2c(c1)OCO2)N1CCC(Nc2ccc(F)cc2)CC1. The molecule has 4 rings (SSSR count). The van der Waals surface area contributed by atoms with Crippen LogP contribution in [0.5, 0.6) is 11.5 Å². The number of ether oxygens (including phenoxy) is 2. The van der Waals surface area contributed by atoms with E-state index in [1.807, 2.05) is 4.90 Å². The van der Waals surface area contributed by atoms with Gasteiger partial charge in [-0.15, -0.1) is 0 Å². The van der Waals surface area contributed by atoms with Gasteiger partial charge in [-0.05, 0) is 55.3 Å². The van der Waals surface area contributed by atoms with E-state index >= 15 is 0 Å². The summed E-state index contributed by atoms with van der Waals surface area (Å²) in [4.78, 5) is 14.5. The minimum Gasteiger partial charge on any atom is -0.454 e. The molecule has 25 heavy (non-hydrogen) atoms. The van der Waals surface area contributed by atoms with Crippen LogP contribution in [0.3, 0.4) is 0 Å². The Hall–Kier alpha value is -2.76. The molecule has 0 bridgehead atoms. The van der Waals surface area contributed by atoms with E-state index in [-0.39, 0.29) is 24.6 Å². The van der Waals surface area contributed by atoms with Gasteiger partial charge in [-0.3, -0.25) is 4.79 Å². The van der Waals surface area contributed by atoms with E-state index in [2.05, 4.69) is 5.32 Å². The molecule has 0 spiro atoms. The van der Waals surface area contributed by atoms with Crippen LogP contribution in [0.1, 0.15) is 23.2 Å². The van der Waals surface area contributed by atoms with Crippen molar-refractivity contribution >= 4 is 11.6 Å². The van der Waals surface area contributed by atoms with E-state index < -0.39 is 0 Å². The lowest BCUT2D eigenvalue weighted by atomic mass is 10.0. The van der Waals surface area contributed by atoms with Gasteiger partial charge in [0, 0.05) is 30.4 Å². The highest BCUT2D eigenvalue weighted by molar-refractivity contribution is 5.95. The number of likely N-dealkylation sites (tertiary alicyclic amines) is 1. The average molecular weight is 342 g/mol. The quantitative estimate of drug-likeness (QED) is 0.930. The fourth-order valence-electron chi connectivity index (χ4n) is 3.22. The maximum Gasteiger partial charge on any atom is 0.253 e. The van der Waals surface area contributed by atoms with Crippen molar-refractivity contribution in [1.82, 2.24) is 4.90 Å². The molecule has 2 heterocycles. The fraction of sp³-hybridized carbons (Fsp3) is 0.316.